The number of fused-ring (bicyclic) bond motifs is 5. The van der Waals surface area contributed by atoms with Gasteiger partial charge in [-0.3, -0.25) is 8.97 Å². The van der Waals surface area contributed by atoms with Crippen LogP contribution in [0.1, 0.15) is 0 Å². The Balaban J connectivity index is 1.14. The molecule has 5 heteroatoms. The number of aromatic nitrogens is 5. The second kappa shape index (κ2) is 12.3. The summed E-state index contributed by atoms with van der Waals surface area (Å²) in [6.45, 7) is 0. The third-order valence-electron chi connectivity index (χ3n) is 9.76. The summed E-state index contributed by atoms with van der Waals surface area (Å²) in [7, 11) is 0. The first-order valence-corrected chi connectivity index (χ1v) is 17.5. The van der Waals surface area contributed by atoms with Crippen LogP contribution in [0.2, 0.25) is 0 Å². The van der Waals surface area contributed by atoms with E-state index < -0.39 is 0 Å². The van der Waals surface area contributed by atoms with Crippen LogP contribution in [0.25, 0.3) is 89.7 Å². The highest BCUT2D eigenvalue weighted by Crippen LogP contribution is 2.35. The normalized spacial score (nSPS) is 11.5. The first kappa shape index (κ1) is 29.8. The third kappa shape index (κ3) is 5.15. The van der Waals surface area contributed by atoms with E-state index >= 15 is 0 Å². The molecule has 0 atom stereocenters. The van der Waals surface area contributed by atoms with Crippen molar-refractivity contribution >= 4 is 27.8 Å². The van der Waals surface area contributed by atoms with Crippen molar-refractivity contribution in [2.75, 3.05) is 0 Å². The van der Waals surface area contributed by atoms with E-state index in [0.29, 0.717) is 5.82 Å². The van der Waals surface area contributed by atoms with Crippen molar-refractivity contribution in [3.8, 4) is 61.8 Å². The second-order valence-electron chi connectivity index (χ2n) is 13.0. The Hall–Kier alpha value is -7.11. The van der Waals surface area contributed by atoms with Gasteiger partial charge >= 0.3 is 0 Å². The second-order valence-corrected chi connectivity index (χ2v) is 13.0. The lowest BCUT2D eigenvalue weighted by atomic mass is 10.0. The van der Waals surface area contributed by atoms with E-state index in [-0.39, 0.29) is 0 Å². The minimum absolute atomic E-state index is 0.682. The van der Waals surface area contributed by atoms with Gasteiger partial charge in [-0.15, -0.1) is 0 Å². The van der Waals surface area contributed by atoms with Gasteiger partial charge in [0.15, 0.2) is 5.82 Å². The highest BCUT2D eigenvalue weighted by molar-refractivity contribution is 5.95. The molecule has 7 aromatic carbocycles. The topological polar surface area (TPSA) is 48.0 Å². The fourth-order valence-corrected chi connectivity index (χ4v) is 7.17. The Morgan fingerprint density at radius 1 is 0.327 bits per heavy atom. The summed E-state index contributed by atoms with van der Waals surface area (Å²) in [6, 6.07) is 65.5. The largest absolute Gasteiger partial charge is 0.278 e. The van der Waals surface area contributed by atoms with Crippen molar-refractivity contribution < 1.29 is 0 Å². The Morgan fingerprint density at radius 3 is 1.37 bits per heavy atom. The maximum atomic E-state index is 5.24. The van der Waals surface area contributed by atoms with Crippen molar-refractivity contribution in [2.24, 2.45) is 0 Å². The van der Waals surface area contributed by atoms with Gasteiger partial charge in [-0.2, -0.15) is 0 Å². The van der Waals surface area contributed by atoms with Gasteiger partial charge in [0.05, 0.1) is 33.5 Å². The maximum absolute atomic E-state index is 5.24. The maximum Gasteiger partial charge on any atom is 0.220 e. The lowest BCUT2D eigenvalue weighted by molar-refractivity contribution is 1.11. The smallest absolute Gasteiger partial charge is 0.220 e. The molecule has 0 N–H and O–H groups in total. The lowest BCUT2D eigenvalue weighted by Crippen LogP contribution is -1.98. The molecule has 0 aliphatic heterocycles. The van der Waals surface area contributed by atoms with Gasteiger partial charge in [0.1, 0.15) is 0 Å². The number of nitrogens with zero attached hydrogens (tertiary/aromatic N) is 5. The standard InChI is InChI=1S/C47H31N5/c1-5-13-32(14-6-1)37-23-27-40-44(29-37)52-45-30-38(33-15-7-2-8-16-33)24-28-43(45)51(47(52)50-40)39-25-21-36(22-26-39)46-48-41(34-17-9-3-10-18-34)31-42(49-46)35-19-11-4-12-20-35/h1-31H. The average molecular weight is 666 g/mol. The van der Waals surface area contributed by atoms with E-state index in [1.807, 2.05) is 36.4 Å². The van der Waals surface area contributed by atoms with Crippen molar-refractivity contribution in [3.05, 3.63) is 188 Å². The van der Waals surface area contributed by atoms with Crippen LogP contribution in [-0.4, -0.2) is 23.9 Å². The Morgan fingerprint density at radius 2 is 0.808 bits per heavy atom. The molecule has 0 saturated carbocycles. The predicted octanol–water partition coefficient (Wildman–Crippen LogP) is 11.6. The third-order valence-corrected chi connectivity index (χ3v) is 9.76. The van der Waals surface area contributed by atoms with Crippen molar-refractivity contribution in [1.29, 1.82) is 0 Å². The van der Waals surface area contributed by atoms with Crippen LogP contribution in [0.3, 0.4) is 0 Å². The summed E-state index contributed by atoms with van der Waals surface area (Å²) >= 11 is 0. The highest BCUT2D eigenvalue weighted by atomic mass is 15.2. The van der Waals surface area contributed by atoms with E-state index in [9.17, 15) is 0 Å². The summed E-state index contributed by atoms with van der Waals surface area (Å²) < 4.78 is 4.56. The first-order valence-electron chi connectivity index (χ1n) is 17.5. The minimum Gasteiger partial charge on any atom is -0.278 e. The summed E-state index contributed by atoms with van der Waals surface area (Å²) in [5.41, 5.74) is 14.7. The monoisotopic (exact) mass is 665 g/mol. The van der Waals surface area contributed by atoms with Gasteiger partial charge < -0.3 is 0 Å². The van der Waals surface area contributed by atoms with Crippen LogP contribution in [0.4, 0.5) is 0 Å². The van der Waals surface area contributed by atoms with E-state index in [0.717, 1.165) is 72.7 Å². The van der Waals surface area contributed by atoms with Gasteiger partial charge in [-0.05, 0) is 76.9 Å². The van der Waals surface area contributed by atoms with Crippen LogP contribution < -0.4 is 0 Å². The summed E-state index contributed by atoms with van der Waals surface area (Å²) in [5.74, 6) is 1.55. The van der Waals surface area contributed by atoms with E-state index in [2.05, 4.69) is 161 Å². The molecular formula is C47H31N5. The molecule has 0 spiro atoms. The molecule has 10 rings (SSSR count). The van der Waals surface area contributed by atoms with Crippen molar-refractivity contribution in [1.82, 2.24) is 23.9 Å². The number of rotatable bonds is 6. The number of imidazole rings is 2. The average Bonchev–Trinajstić information content (AvgIpc) is 3.76. The van der Waals surface area contributed by atoms with Gasteiger partial charge in [0.25, 0.3) is 0 Å². The molecule has 3 heterocycles. The summed E-state index contributed by atoms with van der Waals surface area (Å²) in [6.07, 6.45) is 0. The zero-order valence-corrected chi connectivity index (χ0v) is 28.1. The fraction of sp³-hybridized carbons (Fsp3) is 0. The van der Waals surface area contributed by atoms with Crippen LogP contribution in [0, 0.1) is 0 Å². The molecule has 0 saturated heterocycles. The van der Waals surface area contributed by atoms with Crippen molar-refractivity contribution in [2.45, 2.75) is 0 Å². The van der Waals surface area contributed by atoms with E-state index in [1.165, 1.54) is 11.1 Å². The molecule has 52 heavy (non-hydrogen) atoms. The zero-order valence-electron chi connectivity index (χ0n) is 28.1. The highest BCUT2D eigenvalue weighted by Gasteiger charge is 2.19. The van der Waals surface area contributed by atoms with Crippen molar-refractivity contribution in [3.63, 3.8) is 0 Å². The summed E-state index contributed by atoms with van der Waals surface area (Å²) in [5, 5.41) is 0. The quantitative estimate of drug-likeness (QED) is 0.178. The SMILES string of the molecule is c1ccc(-c2ccc3nc4n(-c5ccc(-c6nc(-c7ccccc7)cc(-c7ccccc7)n6)cc5)c5ccc(-c6ccccc6)cc5n4c3c2)cc1. The molecule has 0 bridgehead atoms. The molecule has 0 aliphatic rings. The van der Waals surface area contributed by atoms with Crippen LogP contribution in [0.5, 0.6) is 0 Å². The van der Waals surface area contributed by atoms with E-state index in [4.69, 9.17) is 15.0 Å². The summed E-state index contributed by atoms with van der Waals surface area (Å²) in [4.78, 5) is 15.4. The van der Waals surface area contributed by atoms with Crippen LogP contribution >= 0.6 is 0 Å². The molecule has 0 amide bonds. The molecule has 0 unspecified atom stereocenters. The molecule has 0 aliphatic carbocycles. The van der Waals surface area contributed by atoms with Crippen LogP contribution in [-0.2, 0) is 0 Å². The Bertz CT molecular complexity index is 2800. The van der Waals surface area contributed by atoms with Crippen LogP contribution in [0.15, 0.2) is 188 Å². The lowest BCUT2D eigenvalue weighted by Gasteiger charge is -2.11. The van der Waals surface area contributed by atoms with Gasteiger partial charge in [-0.25, -0.2) is 15.0 Å². The zero-order chi connectivity index (χ0) is 34.4. The van der Waals surface area contributed by atoms with Gasteiger partial charge in [0, 0.05) is 22.4 Å². The van der Waals surface area contributed by atoms with E-state index in [1.54, 1.807) is 0 Å². The molecule has 3 aromatic heterocycles. The predicted molar refractivity (Wildman–Crippen MR) is 212 cm³/mol. The number of hydrogen-bond acceptors (Lipinski definition) is 3. The molecule has 0 fully saturated rings. The number of hydrogen-bond donors (Lipinski definition) is 0. The fourth-order valence-electron chi connectivity index (χ4n) is 7.17. The minimum atomic E-state index is 0.682. The van der Waals surface area contributed by atoms with Gasteiger partial charge in [-0.1, -0.05) is 133 Å². The van der Waals surface area contributed by atoms with Gasteiger partial charge in [0.2, 0.25) is 5.78 Å². The molecule has 244 valence electrons. The molecule has 10 aromatic rings. The Kier molecular flexibility index (Phi) is 7.07. The molecule has 0 radical (unpaired) electrons. The molecular weight excluding hydrogens is 635 g/mol. The number of benzene rings is 7. The Labute approximate surface area is 300 Å². The first-order chi connectivity index (χ1) is 25.8. The molecule has 5 nitrogen and oxygen atoms in total.